The number of hydrogen-bond acceptors (Lipinski definition) is 3. The Morgan fingerprint density at radius 2 is 1.50 bits per heavy atom. The lowest BCUT2D eigenvalue weighted by molar-refractivity contribution is 0.0527. The van der Waals surface area contributed by atoms with Crippen molar-refractivity contribution in [2.75, 3.05) is 13.1 Å². The maximum atomic E-state index is 12.0. The summed E-state index contributed by atoms with van der Waals surface area (Å²) in [5, 5.41) is 5.66. The van der Waals surface area contributed by atoms with Gasteiger partial charge in [0.1, 0.15) is 5.60 Å². The van der Waals surface area contributed by atoms with Gasteiger partial charge in [0.25, 0.3) is 5.91 Å². The summed E-state index contributed by atoms with van der Waals surface area (Å²) in [5.41, 5.74) is 0.928. The molecule has 0 radical (unpaired) electrons. The third kappa shape index (κ3) is 9.73. The molecule has 0 fully saturated rings. The van der Waals surface area contributed by atoms with Crippen LogP contribution < -0.4 is 10.6 Å². The van der Waals surface area contributed by atoms with Crippen molar-refractivity contribution in [2.24, 2.45) is 0 Å². The Hall–Kier alpha value is -2.48. The first-order valence-electron chi connectivity index (χ1n) is 9.13. The number of unbranched alkanes of at least 4 members (excludes halogenated alkanes) is 4. The van der Waals surface area contributed by atoms with E-state index in [1.807, 2.05) is 20.8 Å². The number of carbonyl (C=O) groups is 2. The van der Waals surface area contributed by atoms with Gasteiger partial charge in [-0.05, 0) is 57.9 Å². The Kier molecular flexibility index (Phi) is 9.29. The first kappa shape index (κ1) is 21.6. The first-order valence-corrected chi connectivity index (χ1v) is 9.13. The van der Waals surface area contributed by atoms with Crippen LogP contribution in [0.25, 0.3) is 0 Å². The van der Waals surface area contributed by atoms with Gasteiger partial charge in [0, 0.05) is 24.2 Å². The normalized spacial score (nSPS) is 10.7. The van der Waals surface area contributed by atoms with E-state index in [4.69, 9.17) is 11.2 Å². The van der Waals surface area contributed by atoms with Gasteiger partial charge in [-0.2, -0.15) is 0 Å². The summed E-state index contributed by atoms with van der Waals surface area (Å²) in [6.07, 6.45) is 9.95. The summed E-state index contributed by atoms with van der Waals surface area (Å²) in [7, 11) is 0. The van der Waals surface area contributed by atoms with Gasteiger partial charge in [-0.25, -0.2) is 4.79 Å². The fourth-order valence-electron chi connectivity index (χ4n) is 2.31. The van der Waals surface area contributed by atoms with E-state index >= 15 is 0 Å². The topological polar surface area (TPSA) is 67.4 Å². The number of rotatable bonds is 9. The molecule has 5 nitrogen and oxygen atoms in total. The fourth-order valence-corrected chi connectivity index (χ4v) is 2.31. The highest BCUT2D eigenvalue weighted by Crippen LogP contribution is 2.07. The SMILES string of the molecule is C#Cc1ccc(C(=O)NCCCCCCCNC(=O)OC(C)(C)C)cc1. The lowest BCUT2D eigenvalue weighted by Crippen LogP contribution is -2.32. The minimum absolute atomic E-state index is 0.0740. The molecule has 26 heavy (non-hydrogen) atoms. The third-order valence-corrected chi connectivity index (χ3v) is 3.62. The zero-order valence-corrected chi connectivity index (χ0v) is 16.1. The molecule has 0 unspecified atom stereocenters. The molecule has 5 heteroatoms. The number of ether oxygens (including phenoxy) is 1. The quantitative estimate of drug-likeness (QED) is 0.520. The van der Waals surface area contributed by atoms with Crippen molar-refractivity contribution in [1.29, 1.82) is 0 Å². The van der Waals surface area contributed by atoms with Crippen molar-refractivity contribution in [3.63, 3.8) is 0 Å². The van der Waals surface area contributed by atoms with Crippen molar-refractivity contribution in [1.82, 2.24) is 10.6 Å². The number of nitrogens with one attached hydrogen (secondary N) is 2. The van der Waals surface area contributed by atoms with Crippen LogP contribution >= 0.6 is 0 Å². The van der Waals surface area contributed by atoms with Crippen LogP contribution in [0.3, 0.4) is 0 Å². The van der Waals surface area contributed by atoms with Gasteiger partial charge in [-0.15, -0.1) is 6.42 Å². The summed E-state index contributed by atoms with van der Waals surface area (Å²) in [6, 6.07) is 7.00. The summed E-state index contributed by atoms with van der Waals surface area (Å²) >= 11 is 0. The Morgan fingerprint density at radius 1 is 0.962 bits per heavy atom. The molecular formula is C21H30N2O3. The lowest BCUT2D eigenvalue weighted by Gasteiger charge is -2.19. The van der Waals surface area contributed by atoms with E-state index in [1.54, 1.807) is 24.3 Å². The third-order valence-electron chi connectivity index (χ3n) is 3.62. The average Bonchev–Trinajstić information content (AvgIpc) is 2.58. The molecule has 0 aliphatic rings. The van der Waals surface area contributed by atoms with Gasteiger partial charge in [-0.3, -0.25) is 4.79 Å². The van der Waals surface area contributed by atoms with E-state index in [-0.39, 0.29) is 12.0 Å². The molecule has 142 valence electrons. The second kappa shape index (κ2) is 11.2. The van der Waals surface area contributed by atoms with E-state index in [1.165, 1.54) is 0 Å². The Labute approximate surface area is 156 Å². The van der Waals surface area contributed by atoms with Crippen molar-refractivity contribution in [3.8, 4) is 12.3 Å². The monoisotopic (exact) mass is 358 g/mol. The summed E-state index contributed by atoms with van der Waals surface area (Å²) in [6.45, 7) is 6.82. The van der Waals surface area contributed by atoms with E-state index in [0.29, 0.717) is 18.7 Å². The van der Waals surface area contributed by atoms with Gasteiger partial charge in [0.05, 0.1) is 0 Å². The molecule has 0 saturated carbocycles. The van der Waals surface area contributed by atoms with Crippen LogP contribution in [0.2, 0.25) is 0 Å². The first-order chi connectivity index (χ1) is 12.3. The predicted octanol–water partition coefficient (Wildman–Crippen LogP) is 3.87. The molecule has 0 saturated heterocycles. The van der Waals surface area contributed by atoms with E-state index < -0.39 is 5.60 Å². The molecule has 0 spiro atoms. The highest BCUT2D eigenvalue weighted by molar-refractivity contribution is 5.94. The average molecular weight is 358 g/mol. The van der Waals surface area contributed by atoms with Crippen molar-refractivity contribution >= 4 is 12.0 Å². The number of benzene rings is 1. The Bertz CT molecular complexity index is 610. The lowest BCUT2D eigenvalue weighted by atomic mass is 10.1. The maximum absolute atomic E-state index is 12.0. The van der Waals surface area contributed by atoms with E-state index in [2.05, 4.69) is 16.6 Å². The molecule has 0 bridgehead atoms. The molecule has 0 heterocycles. The number of hydrogen-bond donors (Lipinski definition) is 2. The van der Waals surface area contributed by atoms with Crippen LogP contribution in [0, 0.1) is 12.3 Å². The van der Waals surface area contributed by atoms with Gasteiger partial charge in [0.15, 0.2) is 0 Å². The van der Waals surface area contributed by atoms with Gasteiger partial charge in [-0.1, -0.05) is 25.2 Å². The molecule has 0 aromatic heterocycles. The van der Waals surface area contributed by atoms with Crippen LogP contribution in [-0.2, 0) is 4.74 Å². The number of amides is 2. The summed E-state index contributed by atoms with van der Waals surface area (Å²) < 4.78 is 5.17. The van der Waals surface area contributed by atoms with E-state index in [0.717, 1.165) is 37.7 Å². The predicted molar refractivity (Wildman–Crippen MR) is 104 cm³/mol. The highest BCUT2D eigenvalue weighted by atomic mass is 16.6. The maximum Gasteiger partial charge on any atom is 0.407 e. The van der Waals surface area contributed by atoms with Crippen LogP contribution in [0.15, 0.2) is 24.3 Å². The van der Waals surface area contributed by atoms with Crippen LogP contribution in [0.5, 0.6) is 0 Å². The minimum atomic E-state index is -0.460. The molecular weight excluding hydrogens is 328 g/mol. The number of terminal acetylenes is 1. The number of carbonyl (C=O) groups excluding carboxylic acids is 2. The second-order valence-corrected chi connectivity index (χ2v) is 7.17. The largest absolute Gasteiger partial charge is 0.444 e. The smallest absolute Gasteiger partial charge is 0.407 e. The molecule has 1 aromatic rings. The fraction of sp³-hybridized carbons (Fsp3) is 0.524. The van der Waals surface area contributed by atoms with Crippen molar-refractivity contribution in [3.05, 3.63) is 35.4 Å². The number of alkyl carbamates (subject to hydrolysis) is 1. The molecule has 0 atom stereocenters. The van der Waals surface area contributed by atoms with E-state index in [9.17, 15) is 9.59 Å². The Balaban J connectivity index is 2.01. The molecule has 0 aliphatic carbocycles. The highest BCUT2D eigenvalue weighted by Gasteiger charge is 2.15. The molecule has 2 N–H and O–H groups in total. The Morgan fingerprint density at radius 3 is 2.04 bits per heavy atom. The zero-order chi connectivity index (χ0) is 19.4. The molecule has 1 rings (SSSR count). The summed E-state index contributed by atoms with van der Waals surface area (Å²) in [4.78, 5) is 23.4. The minimum Gasteiger partial charge on any atom is -0.444 e. The van der Waals surface area contributed by atoms with Gasteiger partial charge >= 0.3 is 6.09 Å². The van der Waals surface area contributed by atoms with Crippen molar-refractivity contribution < 1.29 is 14.3 Å². The van der Waals surface area contributed by atoms with Crippen LogP contribution in [0.1, 0.15) is 68.8 Å². The molecule has 2 amide bonds. The second-order valence-electron chi connectivity index (χ2n) is 7.17. The standard InChI is InChI=1S/C21H30N2O3/c1-5-17-11-13-18(14-12-17)19(24)22-15-9-7-6-8-10-16-23-20(25)26-21(2,3)4/h1,11-14H,6-10,15-16H2,2-4H3,(H,22,24)(H,23,25). The van der Waals surface area contributed by atoms with Gasteiger partial charge in [0.2, 0.25) is 0 Å². The van der Waals surface area contributed by atoms with Crippen LogP contribution in [0.4, 0.5) is 4.79 Å². The van der Waals surface area contributed by atoms with Crippen LogP contribution in [-0.4, -0.2) is 30.7 Å². The molecule has 0 aliphatic heterocycles. The summed E-state index contributed by atoms with van der Waals surface area (Å²) in [5.74, 6) is 2.45. The zero-order valence-electron chi connectivity index (χ0n) is 16.1. The van der Waals surface area contributed by atoms with Crippen molar-refractivity contribution in [2.45, 2.75) is 58.5 Å². The molecule has 1 aromatic carbocycles. The van der Waals surface area contributed by atoms with Gasteiger partial charge < -0.3 is 15.4 Å².